The highest BCUT2D eigenvalue weighted by atomic mass is 16.5. The fourth-order valence-electron chi connectivity index (χ4n) is 2.36. The van der Waals surface area contributed by atoms with Gasteiger partial charge >= 0.3 is 0 Å². The molecule has 0 bridgehead atoms. The van der Waals surface area contributed by atoms with Gasteiger partial charge < -0.3 is 19.6 Å². The minimum Gasteiger partial charge on any atom is -0.489 e. The van der Waals surface area contributed by atoms with Crippen molar-refractivity contribution < 1.29 is 19.1 Å². The zero-order valence-corrected chi connectivity index (χ0v) is 13.6. The van der Waals surface area contributed by atoms with E-state index in [0.29, 0.717) is 23.5 Å². The number of carbonyl (C=O) groups is 1. The molecule has 3 rings (SSSR count). The molecule has 5 nitrogen and oxygen atoms in total. The summed E-state index contributed by atoms with van der Waals surface area (Å²) in [5.41, 5.74) is 2.17. The summed E-state index contributed by atoms with van der Waals surface area (Å²) in [4.78, 5) is 11.9. The zero-order chi connectivity index (χ0) is 17.5. The maximum absolute atomic E-state index is 11.9. The Labute approximate surface area is 145 Å². The van der Waals surface area contributed by atoms with E-state index < -0.39 is 6.10 Å². The Morgan fingerprint density at radius 2 is 1.96 bits per heavy atom. The van der Waals surface area contributed by atoms with Gasteiger partial charge in [-0.1, -0.05) is 42.5 Å². The lowest BCUT2D eigenvalue weighted by atomic mass is 10.1. The maximum Gasteiger partial charge on any atom is 0.254 e. The summed E-state index contributed by atoms with van der Waals surface area (Å²) in [5.74, 6) is 0.380. The number of carbonyl (C=O) groups excluding carboxylic acids is 1. The van der Waals surface area contributed by atoms with E-state index in [0.717, 1.165) is 5.56 Å². The molecule has 0 saturated carbocycles. The van der Waals surface area contributed by atoms with Crippen molar-refractivity contribution in [1.29, 1.82) is 0 Å². The van der Waals surface area contributed by atoms with Crippen LogP contribution < -0.4 is 10.1 Å². The molecule has 0 aliphatic rings. The number of nitrogens with one attached hydrogen (secondary N) is 1. The number of rotatable bonds is 7. The molecule has 0 radical (unpaired) electrons. The van der Waals surface area contributed by atoms with Gasteiger partial charge in [-0.3, -0.25) is 4.79 Å². The van der Waals surface area contributed by atoms with Crippen LogP contribution >= 0.6 is 0 Å². The monoisotopic (exact) mass is 337 g/mol. The predicted molar refractivity (Wildman–Crippen MR) is 93.2 cm³/mol. The second-order valence-electron chi connectivity index (χ2n) is 5.58. The van der Waals surface area contributed by atoms with Gasteiger partial charge in [-0.25, -0.2) is 0 Å². The average Bonchev–Trinajstić information content (AvgIpc) is 3.20. The first-order valence-corrected chi connectivity index (χ1v) is 7.97. The van der Waals surface area contributed by atoms with Gasteiger partial charge in [0, 0.05) is 6.54 Å². The Hall–Kier alpha value is -3.05. The van der Waals surface area contributed by atoms with E-state index in [2.05, 4.69) is 5.32 Å². The minimum atomic E-state index is -0.823. The highest BCUT2D eigenvalue weighted by Crippen LogP contribution is 2.20. The average molecular weight is 337 g/mol. The number of hydrogen-bond acceptors (Lipinski definition) is 4. The molecule has 2 aromatic carbocycles. The Bertz CT molecular complexity index is 800. The van der Waals surface area contributed by atoms with Gasteiger partial charge in [-0.15, -0.1) is 0 Å². The molecule has 1 unspecified atom stereocenters. The van der Waals surface area contributed by atoms with E-state index in [4.69, 9.17) is 9.15 Å². The normalized spacial score (nSPS) is 11.7. The van der Waals surface area contributed by atoms with Crippen LogP contribution in [0.2, 0.25) is 0 Å². The van der Waals surface area contributed by atoms with Crippen molar-refractivity contribution >= 4 is 5.91 Å². The molecule has 2 N–H and O–H groups in total. The van der Waals surface area contributed by atoms with Crippen LogP contribution in [0.15, 0.2) is 77.6 Å². The predicted octanol–water partition coefficient (Wildman–Crippen LogP) is 3.32. The summed E-state index contributed by atoms with van der Waals surface area (Å²) in [6.45, 7) is 0.559. The summed E-state index contributed by atoms with van der Waals surface area (Å²) < 4.78 is 10.6. The van der Waals surface area contributed by atoms with E-state index in [1.165, 1.54) is 12.5 Å². The first-order valence-electron chi connectivity index (χ1n) is 7.97. The van der Waals surface area contributed by atoms with Crippen LogP contribution in [0.3, 0.4) is 0 Å². The third kappa shape index (κ3) is 4.71. The molecule has 1 heterocycles. The number of aliphatic hydroxyl groups excluding tert-OH is 1. The Morgan fingerprint density at radius 3 is 2.72 bits per heavy atom. The molecule has 0 fully saturated rings. The highest BCUT2D eigenvalue weighted by Gasteiger charge is 2.12. The Morgan fingerprint density at radius 1 is 1.12 bits per heavy atom. The number of amides is 1. The summed E-state index contributed by atoms with van der Waals surface area (Å²) in [6.07, 6.45) is 1.97. The van der Waals surface area contributed by atoms with E-state index in [9.17, 15) is 9.90 Å². The number of benzene rings is 2. The van der Waals surface area contributed by atoms with Gasteiger partial charge in [0.05, 0.1) is 17.9 Å². The Balaban J connectivity index is 1.55. The maximum atomic E-state index is 11.9. The summed E-state index contributed by atoms with van der Waals surface area (Å²) in [5, 5.41) is 13.0. The largest absolute Gasteiger partial charge is 0.489 e. The summed E-state index contributed by atoms with van der Waals surface area (Å²) >= 11 is 0. The van der Waals surface area contributed by atoms with Gasteiger partial charge in [-0.2, -0.15) is 0 Å². The number of ether oxygens (including phenoxy) is 1. The summed E-state index contributed by atoms with van der Waals surface area (Å²) in [6, 6.07) is 18.6. The lowest BCUT2D eigenvalue weighted by Gasteiger charge is -2.13. The molecule has 1 amide bonds. The van der Waals surface area contributed by atoms with Gasteiger partial charge in [-0.05, 0) is 29.3 Å². The van der Waals surface area contributed by atoms with Gasteiger partial charge in [0.25, 0.3) is 5.91 Å². The van der Waals surface area contributed by atoms with Gasteiger partial charge in [0.1, 0.15) is 18.6 Å². The number of furan rings is 1. The molecule has 5 heteroatoms. The fraction of sp³-hybridized carbons (Fsp3) is 0.150. The Kier molecular flexibility index (Phi) is 5.49. The minimum absolute atomic E-state index is 0.103. The van der Waals surface area contributed by atoms with Gasteiger partial charge in [0.2, 0.25) is 0 Å². The van der Waals surface area contributed by atoms with Crippen molar-refractivity contribution in [3.63, 3.8) is 0 Å². The molecule has 0 aliphatic heterocycles. The second-order valence-corrected chi connectivity index (χ2v) is 5.58. The summed E-state index contributed by atoms with van der Waals surface area (Å²) in [7, 11) is 0. The van der Waals surface area contributed by atoms with Crippen molar-refractivity contribution in [3.05, 3.63) is 89.9 Å². The molecular formula is C20H19NO4. The standard InChI is InChI=1S/C20H19NO4/c22-19(12-21-20(23)17-9-10-24-14-17)16-7-4-8-18(11-16)25-13-15-5-2-1-3-6-15/h1-11,14,19,22H,12-13H2,(H,21,23). The van der Waals surface area contributed by atoms with E-state index in [1.54, 1.807) is 18.2 Å². The topological polar surface area (TPSA) is 71.7 Å². The lowest BCUT2D eigenvalue weighted by molar-refractivity contribution is 0.0915. The van der Waals surface area contributed by atoms with Gasteiger partial charge in [0.15, 0.2) is 0 Å². The van der Waals surface area contributed by atoms with Crippen molar-refractivity contribution in [1.82, 2.24) is 5.32 Å². The molecule has 3 aromatic rings. The lowest BCUT2D eigenvalue weighted by Crippen LogP contribution is -2.28. The molecule has 25 heavy (non-hydrogen) atoms. The second kappa shape index (κ2) is 8.17. The van der Waals surface area contributed by atoms with Crippen molar-refractivity contribution in [2.75, 3.05) is 6.54 Å². The SMILES string of the molecule is O=C(NCC(O)c1cccc(OCc2ccccc2)c1)c1ccoc1. The van der Waals surface area contributed by atoms with Crippen LogP contribution in [0.4, 0.5) is 0 Å². The quantitative estimate of drug-likeness (QED) is 0.694. The van der Waals surface area contributed by atoms with Crippen molar-refractivity contribution in [2.45, 2.75) is 12.7 Å². The smallest absolute Gasteiger partial charge is 0.254 e. The number of aliphatic hydroxyl groups is 1. The third-order valence-corrected chi connectivity index (χ3v) is 3.73. The molecule has 1 aromatic heterocycles. The van der Waals surface area contributed by atoms with E-state index in [-0.39, 0.29) is 12.5 Å². The molecule has 0 saturated heterocycles. The van der Waals surface area contributed by atoms with E-state index >= 15 is 0 Å². The number of hydrogen-bond donors (Lipinski definition) is 2. The first-order chi connectivity index (χ1) is 12.2. The molecule has 1 atom stereocenters. The van der Waals surface area contributed by atoms with Crippen LogP contribution in [0, 0.1) is 0 Å². The van der Waals surface area contributed by atoms with Crippen molar-refractivity contribution in [3.8, 4) is 5.75 Å². The molecule has 0 spiro atoms. The zero-order valence-electron chi connectivity index (χ0n) is 13.6. The molecular weight excluding hydrogens is 318 g/mol. The fourth-order valence-corrected chi connectivity index (χ4v) is 2.36. The van der Waals surface area contributed by atoms with Crippen LogP contribution in [0.25, 0.3) is 0 Å². The highest BCUT2D eigenvalue weighted by molar-refractivity contribution is 5.93. The third-order valence-electron chi connectivity index (χ3n) is 3.73. The van der Waals surface area contributed by atoms with E-state index in [1.807, 2.05) is 42.5 Å². The molecule has 128 valence electrons. The van der Waals surface area contributed by atoms with Crippen LogP contribution in [0.1, 0.15) is 27.6 Å². The van der Waals surface area contributed by atoms with Crippen LogP contribution in [0.5, 0.6) is 5.75 Å². The first kappa shape index (κ1) is 16.8. The van der Waals surface area contributed by atoms with Crippen molar-refractivity contribution in [2.24, 2.45) is 0 Å². The molecule has 0 aliphatic carbocycles. The van der Waals surface area contributed by atoms with Crippen LogP contribution in [-0.2, 0) is 6.61 Å². The van der Waals surface area contributed by atoms with Crippen LogP contribution in [-0.4, -0.2) is 17.6 Å².